The van der Waals surface area contributed by atoms with Crippen LogP contribution in [0.3, 0.4) is 0 Å². The first-order chi connectivity index (χ1) is 9.58. The molecular formula is C19H31N. The van der Waals surface area contributed by atoms with Crippen LogP contribution in [0, 0.1) is 11.3 Å². The third-order valence-electron chi connectivity index (χ3n) is 5.10. The quantitative estimate of drug-likeness (QED) is 0.759. The summed E-state index contributed by atoms with van der Waals surface area (Å²) in [6.45, 7) is 10.5. The summed E-state index contributed by atoms with van der Waals surface area (Å²) in [4.78, 5) is 0. The Morgan fingerprint density at radius 3 is 2.40 bits per heavy atom. The van der Waals surface area contributed by atoms with Gasteiger partial charge >= 0.3 is 0 Å². The summed E-state index contributed by atoms with van der Waals surface area (Å²) in [7, 11) is 0. The molecule has 0 aromatic heterocycles. The van der Waals surface area contributed by atoms with Crippen LogP contribution < -0.4 is 5.32 Å². The van der Waals surface area contributed by atoms with Crippen LogP contribution in [-0.2, 0) is 6.42 Å². The van der Waals surface area contributed by atoms with Crippen molar-refractivity contribution in [2.45, 2.75) is 65.8 Å². The van der Waals surface area contributed by atoms with Crippen molar-refractivity contribution in [2.24, 2.45) is 11.3 Å². The Morgan fingerprint density at radius 2 is 1.90 bits per heavy atom. The van der Waals surface area contributed by atoms with Gasteiger partial charge in [-0.2, -0.15) is 0 Å². The molecule has 1 heteroatoms. The first kappa shape index (κ1) is 15.6. The number of aryl methyl sites for hydroxylation is 1. The molecule has 0 bridgehead atoms. The highest BCUT2D eigenvalue weighted by Crippen LogP contribution is 2.48. The molecule has 1 aliphatic rings. The molecule has 0 spiro atoms. The van der Waals surface area contributed by atoms with E-state index in [2.05, 4.69) is 57.3 Å². The first-order valence-corrected chi connectivity index (χ1v) is 8.40. The first-order valence-electron chi connectivity index (χ1n) is 8.40. The number of rotatable bonds is 6. The molecule has 1 N–H and O–H groups in total. The Kier molecular flexibility index (Phi) is 5.26. The van der Waals surface area contributed by atoms with Gasteiger partial charge in [0.15, 0.2) is 0 Å². The summed E-state index contributed by atoms with van der Waals surface area (Å²) in [5.41, 5.74) is 3.39. The molecular weight excluding hydrogens is 242 g/mol. The van der Waals surface area contributed by atoms with Crippen molar-refractivity contribution in [2.75, 3.05) is 6.54 Å². The van der Waals surface area contributed by atoms with Crippen LogP contribution in [0.4, 0.5) is 0 Å². The second-order valence-electron chi connectivity index (χ2n) is 7.01. The molecule has 0 aliphatic heterocycles. The molecule has 2 atom stereocenters. The van der Waals surface area contributed by atoms with Gasteiger partial charge in [0.1, 0.15) is 0 Å². The summed E-state index contributed by atoms with van der Waals surface area (Å²) in [6.07, 6.45) is 6.45. The molecule has 1 saturated carbocycles. The lowest BCUT2D eigenvalue weighted by Crippen LogP contribution is -2.34. The van der Waals surface area contributed by atoms with Gasteiger partial charge in [0.05, 0.1) is 0 Å². The van der Waals surface area contributed by atoms with Gasteiger partial charge in [-0.1, -0.05) is 58.4 Å². The average molecular weight is 273 g/mol. The number of hydrogen-bond donors (Lipinski definition) is 1. The minimum Gasteiger partial charge on any atom is -0.310 e. The van der Waals surface area contributed by atoms with E-state index >= 15 is 0 Å². The summed E-state index contributed by atoms with van der Waals surface area (Å²) in [5, 5.41) is 3.82. The topological polar surface area (TPSA) is 12.0 Å². The molecule has 1 nitrogen and oxygen atoms in total. The Balaban J connectivity index is 2.21. The molecule has 1 aromatic carbocycles. The van der Waals surface area contributed by atoms with Gasteiger partial charge in [0.25, 0.3) is 0 Å². The van der Waals surface area contributed by atoms with Gasteiger partial charge in [0, 0.05) is 6.04 Å². The van der Waals surface area contributed by atoms with Crippen LogP contribution in [0.1, 0.15) is 70.5 Å². The second-order valence-corrected chi connectivity index (χ2v) is 7.01. The molecule has 2 rings (SSSR count). The third-order valence-corrected chi connectivity index (χ3v) is 5.10. The zero-order chi connectivity index (χ0) is 14.6. The molecule has 0 saturated heterocycles. The predicted molar refractivity (Wildman–Crippen MR) is 88.0 cm³/mol. The molecule has 1 aromatic rings. The zero-order valence-electron chi connectivity index (χ0n) is 13.7. The van der Waals surface area contributed by atoms with Crippen molar-refractivity contribution in [1.82, 2.24) is 5.32 Å². The highest BCUT2D eigenvalue weighted by atomic mass is 14.9. The summed E-state index contributed by atoms with van der Waals surface area (Å²) in [6, 6.07) is 9.83. The van der Waals surface area contributed by atoms with E-state index in [1.165, 1.54) is 36.8 Å². The zero-order valence-corrected chi connectivity index (χ0v) is 13.7. The van der Waals surface area contributed by atoms with Gasteiger partial charge < -0.3 is 5.32 Å². The monoisotopic (exact) mass is 273 g/mol. The molecule has 0 heterocycles. The molecule has 0 radical (unpaired) electrons. The third kappa shape index (κ3) is 3.44. The smallest absolute Gasteiger partial charge is 0.0353 e. The molecule has 0 amide bonds. The van der Waals surface area contributed by atoms with Gasteiger partial charge in [-0.3, -0.25) is 0 Å². The fourth-order valence-electron chi connectivity index (χ4n) is 3.72. The Morgan fingerprint density at radius 1 is 1.20 bits per heavy atom. The minimum absolute atomic E-state index is 0.467. The average Bonchev–Trinajstić information content (AvgIpc) is 2.80. The fourth-order valence-corrected chi connectivity index (χ4v) is 3.72. The van der Waals surface area contributed by atoms with Gasteiger partial charge in [-0.05, 0) is 54.7 Å². The molecule has 1 fully saturated rings. The number of nitrogens with one attached hydrogen (secondary N) is 1. The standard InChI is InChI=1S/C19H31N/c1-5-14-20-18(17-8-7-13-19(17,3)4)16-11-9-15(6-2)10-12-16/h9-12,17-18,20H,5-8,13-14H2,1-4H3. The van der Waals surface area contributed by atoms with Crippen LogP contribution in [0.2, 0.25) is 0 Å². The van der Waals surface area contributed by atoms with Crippen molar-refractivity contribution in [3.8, 4) is 0 Å². The van der Waals surface area contributed by atoms with Gasteiger partial charge in [0.2, 0.25) is 0 Å². The van der Waals surface area contributed by atoms with E-state index in [1.807, 2.05) is 0 Å². The highest BCUT2D eigenvalue weighted by Gasteiger charge is 2.39. The van der Waals surface area contributed by atoms with Crippen molar-refractivity contribution in [3.63, 3.8) is 0 Å². The van der Waals surface area contributed by atoms with E-state index in [-0.39, 0.29) is 0 Å². The largest absolute Gasteiger partial charge is 0.310 e. The molecule has 2 unspecified atom stereocenters. The van der Waals surface area contributed by atoms with E-state index in [9.17, 15) is 0 Å². The number of hydrogen-bond acceptors (Lipinski definition) is 1. The lowest BCUT2D eigenvalue weighted by Gasteiger charge is -2.35. The SMILES string of the molecule is CCCNC(c1ccc(CC)cc1)C1CCCC1(C)C. The Hall–Kier alpha value is -0.820. The van der Waals surface area contributed by atoms with Crippen molar-refractivity contribution in [1.29, 1.82) is 0 Å². The van der Waals surface area contributed by atoms with Crippen LogP contribution in [0.15, 0.2) is 24.3 Å². The maximum Gasteiger partial charge on any atom is 0.0353 e. The Labute approximate surface area is 125 Å². The maximum absolute atomic E-state index is 3.82. The summed E-state index contributed by atoms with van der Waals surface area (Å²) < 4.78 is 0. The van der Waals surface area contributed by atoms with E-state index in [0.29, 0.717) is 11.5 Å². The van der Waals surface area contributed by atoms with E-state index < -0.39 is 0 Å². The van der Waals surface area contributed by atoms with Gasteiger partial charge in [-0.15, -0.1) is 0 Å². The minimum atomic E-state index is 0.467. The summed E-state index contributed by atoms with van der Waals surface area (Å²) >= 11 is 0. The highest BCUT2D eigenvalue weighted by molar-refractivity contribution is 5.26. The van der Waals surface area contributed by atoms with Crippen LogP contribution in [0.25, 0.3) is 0 Å². The molecule has 1 aliphatic carbocycles. The molecule has 20 heavy (non-hydrogen) atoms. The van der Waals surface area contributed by atoms with Crippen LogP contribution >= 0.6 is 0 Å². The van der Waals surface area contributed by atoms with Crippen LogP contribution in [-0.4, -0.2) is 6.54 Å². The lowest BCUT2D eigenvalue weighted by atomic mass is 9.75. The maximum atomic E-state index is 3.82. The normalized spacial score (nSPS) is 22.9. The van der Waals surface area contributed by atoms with E-state index in [0.717, 1.165) is 18.9 Å². The fraction of sp³-hybridized carbons (Fsp3) is 0.684. The van der Waals surface area contributed by atoms with E-state index in [1.54, 1.807) is 0 Å². The van der Waals surface area contributed by atoms with Crippen LogP contribution in [0.5, 0.6) is 0 Å². The van der Waals surface area contributed by atoms with Crippen molar-refractivity contribution in [3.05, 3.63) is 35.4 Å². The van der Waals surface area contributed by atoms with Crippen molar-refractivity contribution >= 4 is 0 Å². The second kappa shape index (κ2) is 6.76. The molecule has 112 valence electrons. The number of benzene rings is 1. The van der Waals surface area contributed by atoms with Crippen molar-refractivity contribution < 1.29 is 0 Å². The summed E-state index contributed by atoms with van der Waals surface area (Å²) in [5.74, 6) is 0.765. The predicted octanol–water partition coefficient (Wildman–Crippen LogP) is 5.12. The Bertz CT molecular complexity index is 404. The van der Waals surface area contributed by atoms with E-state index in [4.69, 9.17) is 0 Å². The lowest BCUT2D eigenvalue weighted by molar-refractivity contribution is 0.198. The van der Waals surface area contributed by atoms with Gasteiger partial charge in [-0.25, -0.2) is 0 Å².